The SMILES string of the molecule is Cc1ccccc1NCc1ccc(OCc2ccc(Br)cc2)c(Cl)c1. The summed E-state index contributed by atoms with van der Waals surface area (Å²) in [6, 6.07) is 22.2. The fourth-order valence-electron chi connectivity index (χ4n) is 2.48. The summed E-state index contributed by atoms with van der Waals surface area (Å²) in [5.41, 5.74) is 4.58. The average Bonchev–Trinajstić information content (AvgIpc) is 2.62. The average molecular weight is 417 g/mol. The molecule has 3 aromatic carbocycles. The number of aryl methyl sites for hydroxylation is 1. The second kappa shape index (κ2) is 8.41. The molecule has 0 aromatic heterocycles. The third-order valence-corrected chi connectivity index (χ3v) is 4.76. The summed E-state index contributed by atoms with van der Waals surface area (Å²) >= 11 is 9.80. The first kappa shape index (κ1) is 17.8. The molecule has 25 heavy (non-hydrogen) atoms. The molecule has 128 valence electrons. The van der Waals surface area contributed by atoms with Crippen LogP contribution in [0.3, 0.4) is 0 Å². The smallest absolute Gasteiger partial charge is 0.138 e. The van der Waals surface area contributed by atoms with Gasteiger partial charge in [-0.15, -0.1) is 0 Å². The summed E-state index contributed by atoms with van der Waals surface area (Å²) in [6.07, 6.45) is 0. The molecule has 0 radical (unpaired) electrons. The van der Waals surface area contributed by atoms with Gasteiger partial charge >= 0.3 is 0 Å². The number of benzene rings is 3. The van der Waals surface area contributed by atoms with Crippen molar-refractivity contribution in [3.8, 4) is 5.75 Å². The van der Waals surface area contributed by atoms with E-state index in [-0.39, 0.29) is 0 Å². The molecule has 1 N–H and O–H groups in total. The zero-order chi connectivity index (χ0) is 17.6. The van der Waals surface area contributed by atoms with Crippen LogP contribution in [0.5, 0.6) is 5.75 Å². The highest BCUT2D eigenvalue weighted by Crippen LogP contribution is 2.27. The molecule has 3 aromatic rings. The zero-order valence-corrected chi connectivity index (χ0v) is 16.3. The zero-order valence-electron chi connectivity index (χ0n) is 13.9. The lowest BCUT2D eigenvalue weighted by molar-refractivity contribution is 0.306. The Balaban J connectivity index is 1.60. The van der Waals surface area contributed by atoms with E-state index in [1.54, 1.807) is 0 Å². The minimum Gasteiger partial charge on any atom is -0.487 e. The van der Waals surface area contributed by atoms with Crippen molar-refractivity contribution in [3.05, 3.63) is 92.9 Å². The quantitative estimate of drug-likeness (QED) is 0.488. The molecule has 0 aliphatic rings. The Bertz CT molecular complexity index is 849. The number of halogens is 2. The van der Waals surface area contributed by atoms with Gasteiger partial charge < -0.3 is 10.1 Å². The van der Waals surface area contributed by atoms with Crippen molar-refractivity contribution < 1.29 is 4.74 Å². The molecule has 0 spiro atoms. The van der Waals surface area contributed by atoms with Gasteiger partial charge in [-0.25, -0.2) is 0 Å². The molecule has 0 unspecified atom stereocenters. The summed E-state index contributed by atoms with van der Waals surface area (Å²) in [4.78, 5) is 0. The van der Waals surface area contributed by atoms with E-state index >= 15 is 0 Å². The number of ether oxygens (including phenoxy) is 1. The minimum absolute atomic E-state index is 0.494. The normalized spacial score (nSPS) is 10.5. The van der Waals surface area contributed by atoms with Crippen LogP contribution >= 0.6 is 27.5 Å². The van der Waals surface area contributed by atoms with Crippen LogP contribution in [0.15, 0.2) is 71.2 Å². The molecular weight excluding hydrogens is 398 g/mol. The molecular formula is C21H19BrClNO. The molecule has 2 nitrogen and oxygen atoms in total. The van der Waals surface area contributed by atoms with Crippen LogP contribution in [0, 0.1) is 6.92 Å². The van der Waals surface area contributed by atoms with Crippen molar-refractivity contribution in [2.75, 3.05) is 5.32 Å². The van der Waals surface area contributed by atoms with Crippen LogP contribution in [0.25, 0.3) is 0 Å². The van der Waals surface area contributed by atoms with Crippen molar-refractivity contribution in [2.24, 2.45) is 0 Å². The van der Waals surface area contributed by atoms with E-state index in [0.717, 1.165) is 27.8 Å². The first-order valence-electron chi connectivity index (χ1n) is 8.07. The Morgan fingerprint density at radius 1 is 0.960 bits per heavy atom. The van der Waals surface area contributed by atoms with Gasteiger partial charge in [-0.1, -0.05) is 63.9 Å². The van der Waals surface area contributed by atoms with Crippen molar-refractivity contribution in [2.45, 2.75) is 20.1 Å². The van der Waals surface area contributed by atoms with Crippen LogP contribution in [0.2, 0.25) is 5.02 Å². The molecule has 0 saturated heterocycles. The second-order valence-electron chi connectivity index (χ2n) is 5.85. The molecule has 0 amide bonds. The Hall–Kier alpha value is -1.97. The summed E-state index contributed by atoms with van der Waals surface area (Å²) in [5, 5.41) is 4.06. The fraction of sp³-hybridized carbons (Fsp3) is 0.143. The van der Waals surface area contributed by atoms with E-state index < -0.39 is 0 Å². The second-order valence-corrected chi connectivity index (χ2v) is 7.17. The van der Waals surface area contributed by atoms with E-state index in [9.17, 15) is 0 Å². The standard InChI is InChI=1S/C21H19BrClNO/c1-15-4-2-3-5-20(15)24-13-17-8-11-21(19(23)12-17)25-14-16-6-9-18(22)10-7-16/h2-12,24H,13-14H2,1H3. The maximum absolute atomic E-state index is 6.37. The number of hydrogen-bond donors (Lipinski definition) is 1. The Labute approximate surface area is 161 Å². The fourth-order valence-corrected chi connectivity index (χ4v) is 3.00. The van der Waals surface area contributed by atoms with Gasteiger partial charge in [-0.05, 0) is 53.9 Å². The summed E-state index contributed by atoms with van der Waals surface area (Å²) in [5.74, 6) is 0.698. The van der Waals surface area contributed by atoms with E-state index in [1.165, 1.54) is 5.56 Å². The number of para-hydroxylation sites is 1. The lowest BCUT2D eigenvalue weighted by Crippen LogP contribution is -2.01. The van der Waals surface area contributed by atoms with Crippen LogP contribution < -0.4 is 10.1 Å². The molecule has 0 atom stereocenters. The van der Waals surface area contributed by atoms with Gasteiger partial charge in [0.05, 0.1) is 5.02 Å². The topological polar surface area (TPSA) is 21.3 Å². The number of anilines is 1. The summed E-state index contributed by atoms with van der Waals surface area (Å²) < 4.78 is 6.89. The molecule has 0 saturated carbocycles. The maximum atomic E-state index is 6.37. The Morgan fingerprint density at radius 3 is 2.40 bits per heavy atom. The maximum Gasteiger partial charge on any atom is 0.138 e. The molecule has 0 bridgehead atoms. The number of hydrogen-bond acceptors (Lipinski definition) is 2. The van der Waals surface area contributed by atoms with Gasteiger partial charge in [0.1, 0.15) is 12.4 Å². The van der Waals surface area contributed by atoms with Gasteiger partial charge in [-0.3, -0.25) is 0 Å². The predicted molar refractivity (Wildman–Crippen MR) is 108 cm³/mol. The lowest BCUT2D eigenvalue weighted by atomic mass is 10.1. The number of nitrogens with one attached hydrogen (secondary N) is 1. The number of rotatable bonds is 6. The molecule has 4 heteroatoms. The molecule has 0 aliphatic carbocycles. The van der Waals surface area contributed by atoms with Crippen LogP contribution in [0.1, 0.15) is 16.7 Å². The molecule has 0 fully saturated rings. The van der Waals surface area contributed by atoms with Crippen molar-refractivity contribution in [1.29, 1.82) is 0 Å². The molecule has 3 rings (SSSR count). The van der Waals surface area contributed by atoms with Gasteiger partial charge in [-0.2, -0.15) is 0 Å². The minimum atomic E-state index is 0.494. The van der Waals surface area contributed by atoms with Crippen molar-refractivity contribution in [3.63, 3.8) is 0 Å². The largest absolute Gasteiger partial charge is 0.487 e. The lowest BCUT2D eigenvalue weighted by Gasteiger charge is -2.12. The summed E-state index contributed by atoms with van der Waals surface area (Å²) in [7, 11) is 0. The highest BCUT2D eigenvalue weighted by molar-refractivity contribution is 9.10. The summed E-state index contributed by atoms with van der Waals surface area (Å²) in [6.45, 7) is 3.31. The highest BCUT2D eigenvalue weighted by atomic mass is 79.9. The van der Waals surface area contributed by atoms with Crippen molar-refractivity contribution in [1.82, 2.24) is 0 Å². The van der Waals surface area contributed by atoms with E-state index in [0.29, 0.717) is 17.4 Å². The van der Waals surface area contributed by atoms with Crippen LogP contribution in [0.4, 0.5) is 5.69 Å². The highest BCUT2D eigenvalue weighted by Gasteiger charge is 2.05. The monoisotopic (exact) mass is 415 g/mol. The first-order chi connectivity index (χ1) is 12.1. The van der Waals surface area contributed by atoms with Gasteiger partial charge in [0, 0.05) is 16.7 Å². The third-order valence-electron chi connectivity index (χ3n) is 3.93. The van der Waals surface area contributed by atoms with Crippen LogP contribution in [-0.2, 0) is 13.2 Å². The van der Waals surface area contributed by atoms with E-state index in [2.05, 4.69) is 40.3 Å². The molecule has 0 heterocycles. The Kier molecular flexibility index (Phi) is 6.00. The predicted octanol–water partition coefficient (Wildman–Crippen LogP) is 6.60. The Morgan fingerprint density at radius 2 is 1.68 bits per heavy atom. The van der Waals surface area contributed by atoms with E-state index in [1.807, 2.05) is 54.6 Å². The van der Waals surface area contributed by atoms with E-state index in [4.69, 9.17) is 16.3 Å². The van der Waals surface area contributed by atoms with Crippen molar-refractivity contribution >= 4 is 33.2 Å². The first-order valence-corrected chi connectivity index (χ1v) is 9.24. The molecule has 0 aliphatic heterocycles. The van der Waals surface area contributed by atoms with Gasteiger partial charge in [0.2, 0.25) is 0 Å². The van der Waals surface area contributed by atoms with Gasteiger partial charge in [0.25, 0.3) is 0 Å². The van der Waals surface area contributed by atoms with Gasteiger partial charge in [0.15, 0.2) is 0 Å². The van der Waals surface area contributed by atoms with Crippen LogP contribution in [-0.4, -0.2) is 0 Å². The third kappa shape index (κ3) is 5.00.